The molecule has 28 heavy (non-hydrogen) atoms. The van der Waals surface area contributed by atoms with E-state index in [4.69, 9.17) is 0 Å². The van der Waals surface area contributed by atoms with E-state index in [9.17, 15) is 0 Å². The van der Waals surface area contributed by atoms with Gasteiger partial charge in [0.15, 0.2) is 0 Å². The highest BCUT2D eigenvalue weighted by Crippen LogP contribution is 2.35. The largest absolute Gasteiger partial charge is 0.341 e. The molecular formula is C26H24NP. The van der Waals surface area contributed by atoms with Crippen molar-refractivity contribution in [3.63, 3.8) is 0 Å². The van der Waals surface area contributed by atoms with Crippen LogP contribution in [-0.2, 0) is 0 Å². The van der Waals surface area contributed by atoms with Gasteiger partial charge < -0.3 is 4.90 Å². The molecule has 0 heterocycles. The zero-order valence-electron chi connectivity index (χ0n) is 15.9. The van der Waals surface area contributed by atoms with Gasteiger partial charge in [-0.2, -0.15) is 0 Å². The van der Waals surface area contributed by atoms with Crippen molar-refractivity contribution < 1.29 is 0 Å². The summed E-state index contributed by atoms with van der Waals surface area (Å²) >= 11 is 0. The Bertz CT molecular complexity index is 794. The van der Waals surface area contributed by atoms with Gasteiger partial charge in [0.25, 0.3) is 0 Å². The Morgan fingerprint density at radius 1 is 0.464 bits per heavy atom. The molecule has 0 saturated carbocycles. The van der Waals surface area contributed by atoms with Gasteiger partial charge in [-0.1, -0.05) is 97.1 Å². The van der Waals surface area contributed by atoms with Crippen molar-refractivity contribution in [3.05, 3.63) is 121 Å². The number of anilines is 2. The molecule has 0 unspecified atom stereocenters. The maximum Gasteiger partial charge on any atom is 0.0410 e. The number of para-hydroxylation sites is 2. The monoisotopic (exact) mass is 381 g/mol. The third kappa shape index (κ3) is 4.50. The molecule has 2 heteroatoms. The van der Waals surface area contributed by atoms with Gasteiger partial charge >= 0.3 is 0 Å². The van der Waals surface area contributed by atoms with E-state index in [2.05, 4.69) is 126 Å². The topological polar surface area (TPSA) is 3.24 Å². The summed E-state index contributed by atoms with van der Waals surface area (Å²) in [5.41, 5.74) is 2.48. The summed E-state index contributed by atoms with van der Waals surface area (Å²) in [6.45, 7) is 0.976. The second-order valence-electron chi connectivity index (χ2n) is 6.65. The second kappa shape index (κ2) is 9.35. The lowest BCUT2D eigenvalue weighted by Gasteiger charge is -2.28. The SMILES string of the molecule is c1ccc(N(CCP(c2ccccc2)c2ccccc2)c2ccccc2)cc1. The molecule has 4 rings (SSSR count). The van der Waals surface area contributed by atoms with Gasteiger partial charge in [-0.15, -0.1) is 0 Å². The Hall–Kier alpha value is -2.89. The summed E-state index contributed by atoms with van der Waals surface area (Å²) in [6.07, 6.45) is 1.10. The van der Waals surface area contributed by atoms with Crippen LogP contribution in [0.4, 0.5) is 11.4 Å². The Balaban J connectivity index is 1.64. The van der Waals surface area contributed by atoms with Crippen LogP contribution in [-0.4, -0.2) is 12.7 Å². The number of hydrogen-bond donors (Lipinski definition) is 0. The highest BCUT2D eigenvalue weighted by Gasteiger charge is 2.16. The molecule has 0 spiro atoms. The first kappa shape index (κ1) is 18.5. The second-order valence-corrected chi connectivity index (χ2v) is 8.98. The van der Waals surface area contributed by atoms with Crippen LogP contribution in [0.3, 0.4) is 0 Å². The summed E-state index contributed by atoms with van der Waals surface area (Å²) in [5.74, 6) is 0. The average Bonchev–Trinajstić information content (AvgIpc) is 2.79. The molecule has 0 amide bonds. The van der Waals surface area contributed by atoms with E-state index >= 15 is 0 Å². The Kier molecular flexibility index (Phi) is 6.17. The van der Waals surface area contributed by atoms with Crippen molar-refractivity contribution >= 4 is 29.9 Å². The van der Waals surface area contributed by atoms with E-state index in [1.165, 1.54) is 22.0 Å². The van der Waals surface area contributed by atoms with Crippen LogP contribution in [0.15, 0.2) is 121 Å². The lowest BCUT2D eigenvalue weighted by Crippen LogP contribution is -2.24. The average molecular weight is 381 g/mol. The number of nitrogens with zero attached hydrogens (tertiary/aromatic N) is 1. The van der Waals surface area contributed by atoms with Crippen molar-refractivity contribution in [2.24, 2.45) is 0 Å². The first-order chi connectivity index (χ1) is 13.9. The third-order valence-corrected chi connectivity index (χ3v) is 7.31. The normalized spacial score (nSPS) is 10.8. The fourth-order valence-corrected chi connectivity index (χ4v) is 5.72. The maximum atomic E-state index is 2.43. The molecular weight excluding hydrogens is 357 g/mol. The van der Waals surface area contributed by atoms with Crippen LogP contribution in [0.2, 0.25) is 0 Å². The van der Waals surface area contributed by atoms with Crippen molar-refractivity contribution in [1.82, 2.24) is 0 Å². The van der Waals surface area contributed by atoms with Crippen LogP contribution < -0.4 is 15.5 Å². The first-order valence-corrected chi connectivity index (χ1v) is 11.2. The van der Waals surface area contributed by atoms with Gasteiger partial charge in [-0.25, -0.2) is 0 Å². The zero-order chi connectivity index (χ0) is 19.0. The van der Waals surface area contributed by atoms with E-state index in [1.54, 1.807) is 0 Å². The zero-order valence-corrected chi connectivity index (χ0v) is 16.8. The predicted molar refractivity (Wildman–Crippen MR) is 124 cm³/mol. The lowest BCUT2D eigenvalue weighted by molar-refractivity contribution is 1.03. The molecule has 0 aliphatic rings. The van der Waals surface area contributed by atoms with Gasteiger partial charge in [0.2, 0.25) is 0 Å². The van der Waals surface area contributed by atoms with Crippen molar-refractivity contribution in [3.8, 4) is 0 Å². The molecule has 0 N–H and O–H groups in total. The van der Waals surface area contributed by atoms with Crippen molar-refractivity contribution in [1.29, 1.82) is 0 Å². The van der Waals surface area contributed by atoms with Crippen LogP contribution in [0.1, 0.15) is 0 Å². The summed E-state index contributed by atoms with van der Waals surface area (Å²) in [4.78, 5) is 2.43. The van der Waals surface area contributed by atoms with Crippen LogP contribution in [0.25, 0.3) is 0 Å². The number of rotatable bonds is 7. The van der Waals surface area contributed by atoms with Gasteiger partial charge in [0, 0.05) is 17.9 Å². The molecule has 4 aromatic rings. The van der Waals surface area contributed by atoms with E-state index in [1.807, 2.05) is 0 Å². The summed E-state index contributed by atoms with van der Waals surface area (Å²) in [5, 5.41) is 2.87. The highest BCUT2D eigenvalue weighted by molar-refractivity contribution is 7.73. The van der Waals surface area contributed by atoms with E-state index in [-0.39, 0.29) is 0 Å². The summed E-state index contributed by atoms with van der Waals surface area (Å²) in [7, 11) is -0.406. The van der Waals surface area contributed by atoms with Crippen molar-refractivity contribution in [2.45, 2.75) is 0 Å². The Labute approximate surface area is 169 Å². The summed E-state index contributed by atoms with van der Waals surface area (Å²) < 4.78 is 0. The number of hydrogen-bond acceptors (Lipinski definition) is 1. The predicted octanol–water partition coefficient (Wildman–Crippen LogP) is 5.96. The molecule has 0 atom stereocenters. The molecule has 0 aliphatic heterocycles. The summed E-state index contributed by atoms with van der Waals surface area (Å²) in [6, 6.07) is 43.3. The molecule has 4 aromatic carbocycles. The minimum Gasteiger partial charge on any atom is -0.341 e. The fourth-order valence-electron chi connectivity index (χ4n) is 3.45. The van der Waals surface area contributed by atoms with Crippen LogP contribution in [0.5, 0.6) is 0 Å². The van der Waals surface area contributed by atoms with E-state index < -0.39 is 7.92 Å². The first-order valence-electron chi connectivity index (χ1n) is 9.67. The van der Waals surface area contributed by atoms with Gasteiger partial charge in [0.05, 0.1) is 0 Å². The van der Waals surface area contributed by atoms with Crippen molar-refractivity contribution in [2.75, 3.05) is 17.6 Å². The molecule has 0 aliphatic carbocycles. The molecule has 0 bridgehead atoms. The van der Waals surface area contributed by atoms with Crippen LogP contribution >= 0.6 is 7.92 Å². The maximum absolute atomic E-state index is 2.43. The molecule has 1 nitrogen and oxygen atoms in total. The Morgan fingerprint density at radius 3 is 1.21 bits per heavy atom. The fraction of sp³-hybridized carbons (Fsp3) is 0.0769. The van der Waals surface area contributed by atoms with Crippen LogP contribution in [0, 0.1) is 0 Å². The lowest BCUT2D eigenvalue weighted by atomic mass is 10.2. The standard InChI is InChI=1S/C26H24NP/c1-5-13-23(14-6-1)27(24-15-7-2-8-16-24)21-22-28(25-17-9-3-10-18-25)26-19-11-4-12-20-26/h1-20H,21-22H2. The highest BCUT2D eigenvalue weighted by atomic mass is 31.1. The van der Waals surface area contributed by atoms with E-state index in [0.29, 0.717) is 0 Å². The molecule has 0 fully saturated rings. The molecule has 0 saturated heterocycles. The minimum absolute atomic E-state index is 0.406. The van der Waals surface area contributed by atoms with Gasteiger partial charge in [-0.3, -0.25) is 0 Å². The Morgan fingerprint density at radius 2 is 0.821 bits per heavy atom. The molecule has 0 aromatic heterocycles. The smallest absolute Gasteiger partial charge is 0.0410 e. The molecule has 0 radical (unpaired) electrons. The third-order valence-electron chi connectivity index (χ3n) is 4.82. The molecule has 138 valence electrons. The number of benzene rings is 4. The quantitative estimate of drug-likeness (QED) is 0.357. The van der Waals surface area contributed by atoms with Gasteiger partial charge in [-0.05, 0) is 49.0 Å². The van der Waals surface area contributed by atoms with E-state index in [0.717, 1.165) is 12.7 Å². The van der Waals surface area contributed by atoms with Gasteiger partial charge in [0.1, 0.15) is 0 Å². The minimum atomic E-state index is -0.406.